The zero-order valence-electron chi connectivity index (χ0n) is 12.2. The van der Waals surface area contributed by atoms with Crippen LogP contribution < -0.4 is 0 Å². The lowest BCUT2D eigenvalue weighted by atomic mass is 9.78. The summed E-state index contributed by atoms with van der Waals surface area (Å²) in [6, 6.07) is 6.09. The minimum Gasteiger partial charge on any atom is -0.381 e. The van der Waals surface area contributed by atoms with E-state index in [1.807, 2.05) is 12.1 Å². The molecule has 1 nitrogen and oxygen atoms in total. The van der Waals surface area contributed by atoms with Gasteiger partial charge in [0.15, 0.2) is 0 Å². The van der Waals surface area contributed by atoms with Gasteiger partial charge in [-0.25, -0.2) is 0 Å². The molecule has 0 radical (unpaired) electrons. The van der Waals surface area contributed by atoms with Crippen LogP contribution in [0.15, 0.2) is 18.2 Å². The maximum Gasteiger partial charge on any atom is 0.0595 e. The summed E-state index contributed by atoms with van der Waals surface area (Å²) in [5, 5.41) is 1.33. The van der Waals surface area contributed by atoms with Crippen LogP contribution in [-0.4, -0.2) is 13.2 Å². The van der Waals surface area contributed by atoms with E-state index in [-0.39, 0.29) is 0 Å². The first-order valence-electron chi connectivity index (χ1n) is 7.73. The maximum atomic E-state index is 6.11. The molecule has 0 saturated heterocycles. The van der Waals surface area contributed by atoms with Gasteiger partial charge in [0.25, 0.3) is 0 Å². The SMILES string of the molecule is CCCOCC[C@H]1CC[C@H](c2ccc(Cl)c(Cl)c2)CC1. The molecule has 1 saturated carbocycles. The number of hydrogen-bond donors (Lipinski definition) is 0. The molecule has 20 heavy (non-hydrogen) atoms. The van der Waals surface area contributed by atoms with Crippen LogP contribution in [0.2, 0.25) is 10.0 Å². The van der Waals surface area contributed by atoms with Crippen molar-refractivity contribution in [3.05, 3.63) is 33.8 Å². The fourth-order valence-corrected chi connectivity index (χ4v) is 3.35. The van der Waals surface area contributed by atoms with E-state index >= 15 is 0 Å². The first-order chi connectivity index (χ1) is 9.70. The molecule has 0 bridgehead atoms. The minimum atomic E-state index is 0.650. The second kappa shape index (κ2) is 8.26. The molecule has 3 heteroatoms. The Labute approximate surface area is 132 Å². The Morgan fingerprint density at radius 1 is 1.05 bits per heavy atom. The van der Waals surface area contributed by atoms with E-state index in [0.717, 1.165) is 25.6 Å². The highest BCUT2D eigenvalue weighted by molar-refractivity contribution is 6.42. The Balaban J connectivity index is 1.77. The van der Waals surface area contributed by atoms with Crippen molar-refractivity contribution in [3.63, 3.8) is 0 Å². The van der Waals surface area contributed by atoms with Crippen LogP contribution in [0.3, 0.4) is 0 Å². The van der Waals surface area contributed by atoms with Gasteiger partial charge in [0.1, 0.15) is 0 Å². The van der Waals surface area contributed by atoms with Gasteiger partial charge in [-0.15, -0.1) is 0 Å². The molecule has 1 aromatic carbocycles. The van der Waals surface area contributed by atoms with Crippen molar-refractivity contribution in [2.24, 2.45) is 5.92 Å². The lowest BCUT2D eigenvalue weighted by Gasteiger charge is -2.29. The fourth-order valence-electron chi connectivity index (χ4n) is 3.05. The predicted octanol–water partition coefficient (Wildman–Crippen LogP) is 6.08. The molecule has 1 aliphatic rings. The van der Waals surface area contributed by atoms with Gasteiger partial charge in [0, 0.05) is 13.2 Å². The zero-order chi connectivity index (χ0) is 14.4. The lowest BCUT2D eigenvalue weighted by Crippen LogP contribution is -2.15. The molecule has 0 unspecified atom stereocenters. The van der Waals surface area contributed by atoms with Gasteiger partial charge in [-0.1, -0.05) is 36.2 Å². The second-order valence-electron chi connectivity index (χ2n) is 5.79. The molecule has 1 aliphatic carbocycles. The number of rotatable bonds is 6. The van der Waals surface area contributed by atoms with Gasteiger partial charge < -0.3 is 4.74 Å². The maximum absolute atomic E-state index is 6.11. The average Bonchev–Trinajstić information content (AvgIpc) is 2.47. The van der Waals surface area contributed by atoms with Crippen LogP contribution in [0, 0.1) is 5.92 Å². The third kappa shape index (κ3) is 4.65. The van der Waals surface area contributed by atoms with E-state index in [2.05, 4.69) is 13.0 Å². The number of hydrogen-bond acceptors (Lipinski definition) is 1. The lowest BCUT2D eigenvalue weighted by molar-refractivity contribution is 0.113. The Kier molecular flexibility index (Phi) is 6.67. The molecule has 1 aromatic rings. The highest BCUT2D eigenvalue weighted by Gasteiger charge is 2.22. The summed E-state index contributed by atoms with van der Waals surface area (Å²) >= 11 is 12.1. The van der Waals surface area contributed by atoms with E-state index in [9.17, 15) is 0 Å². The Hall–Kier alpha value is -0.240. The Morgan fingerprint density at radius 2 is 1.80 bits per heavy atom. The highest BCUT2D eigenvalue weighted by atomic mass is 35.5. The quantitative estimate of drug-likeness (QED) is 0.578. The smallest absolute Gasteiger partial charge is 0.0595 e. The van der Waals surface area contributed by atoms with Crippen LogP contribution in [0.5, 0.6) is 0 Å². The number of halogens is 2. The summed E-state index contributed by atoms with van der Waals surface area (Å²) in [6.45, 7) is 3.98. The van der Waals surface area contributed by atoms with Crippen molar-refractivity contribution in [3.8, 4) is 0 Å². The molecule has 2 rings (SSSR count). The van der Waals surface area contributed by atoms with Crippen molar-refractivity contribution in [2.75, 3.05) is 13.2 Å². The van der Waals surface area contributed by atoms with Gasteiger partial charge in [0.2, 0.25) is 0 Å². The van der Waals surface area contributed by atoms with Gasteiger partial charge in [-0.2, -0.15) is 0 Å². The summed E-state index contributed by atoms with van der Waals surface area (Å²) < 4.78 is 5.59. The average molecular weight is 315 g/mol. The van der Waals surface area contributed by atoms with E-state index < -0.39 is 0 Å². The van der Waals surface area contributed by atoms with Crippen LogP contribution in [-0.2, 0) is 4.74 Å². The van der Waals surface area contributed by atoms with E-state index in [0.29, 0.717) is 16.0 Å². The van der Waals surface area contributed by atoms with Crippen molar-refractivity contribution < 1.29 is 4.74 Å². The van der Waals surface area contributed by atoms with E-state index in [1.165, 1.54) is 37.7 Å². The van der Waals surface area contributed by atoms with Gasteiger partial charge in [-0.3, -0.25) is 0 Å². The molecule has 112 valence electrons. The Bertz CT molecular complexity index is 411. The number of benzene rings is 1. The van der Waals surface area contributed by atoms with Gasteiger partial charge in [0.05, 0.1) is 10.0 Å². The standard InChI is InChI=1S/C17H24Cl2O/c1-2-10-20-11-9-13-3-5-14(6-4-13)15-7-8-16(18)17(19)12-15/h7-8,12-14H,2-6,9-11H2,1H3/t13-,14-. The molecule has 0 amide bonds. The second-order valence-corrected chi connectivity index (χ2v) is 6.61. The third-order valence-corrected chi connectivity index (χ3v) is 5.02. The van der Waals surface area contributed by atoms with Crippen LogP contribution >= 0.6 is 23.2 Å². The number of ether oxygens (including phenoxy) is 1. The molecule has 0 aliphatic heterocycles. The first kappa shape index (κ1) is 16.1. The van der Waals surface area contributed by atoms with Crippen LogP contribution in [0.4, 0.5) is 0 Å². The first-order valence-corrected chi connectivity index (χ1v) is 8.49. The zero-order valence-corrected chi connectivity index (χ0v) is 13.7. The van der Waals surface area contributed by atoms with E-state index in [1.54, 1.807) is 0 Å². The summed E-state index contributed by atoms with van der Waals surface area (Å²) in [5.74, 6) is 1.49. The van der Waals surface area contributed by atoms with Gasteiger partial charge >= 0.3 is 0 Å². The van der Waals surface area contributed by atoms with Crippen LogP contribution in [0.25, 0.3) is 0 Å². The van der Waals surface area contributed by atoms with Gasteiger partial charge in [-0.05, 0) is 68.1 Å². The topological polar surface area (TPSA) is 9.23 Å². The summed E-state index contributed by atoms with van der Waals surface area (Å²) in [4.78, 5) is 0. The van der Waals surface area contributed by atoms with Crippen molar-refractivity contribution >= 4 is 23.2 Å². The largest absolute Gasteiger partial charge is 0.381 e. The predicted molar refractivity (Wildman–Crippen MR) is 86.9 cm³/mol. The molecular formula is C17H24Cl2O. The highest BCUT2D eigenvalue weighted by Crippen LogP contribution is 2.38. The molecular weight excluding hydrogens is 291 g/mol. The molecule has 0 N–H and O–H groups in total. The fraction of sp³-hybridized carbons (Fsp3) is 0.647. The monoisotopic (exact) mass is 314 g/mol. The normalized spacial score (nSPS) is 22.9. The summed E-state index contributed by atoms with van der Waals surface area (Å²) in [7, 11) is 0. The minimum absolute atomic E-state index is 0.650. The molecule has 0 atom stereocenters. The molecule has 0 heterocycles. The van der Waals surface area contributed by atoms with Crippen molar-refractivity contribution in [1.29, 1.82) is 0 Å². The third-order valence-electron chi connectivity index (χ3n) is 4.28. The molecule has 0 spiro atoms. The molecule has 0 aromatic heterocycles. The van der Waals surface area contributed by atoms with E-state index in [4.69, 9.17) is 27.9 Å². The Morgan fingerprint density at radius 3 is 2.45 bits per heavy atom. The summed E-state index contributed by atoms with van der Waals surface area (Å²) in [6.07, 6.45) is 7.46. The van der Waals surface area contributed by atoms with Crippen molar-refractivity contribution in [2.45, 2.75) is 51.4 Å². The molecule has 1 fully saturated rings. The van der Waals surface area contributed by atoms with Crippen molar-refractivity contribution in [1.82, 2.24) is 0 Å². The van der Waals surface area contributed by atoms with Crippen LogP contribution in [0.1, 0.15) is 56.9 Å². The summed E-state index contributed by atoms with van der Waals surface area (Å²) in [5.41, 5.74) is 1.35.